The standard InChI is InChI=1S/C24H28N4O4S/c1-3-14-31-19-8-6-18(16-20(19)30-2)7-9-23(29)28-12-10-27(11-13-28)17-22-25-24(26-32-22)21-5-4-15-33-21/h4-9,15-16H,3,10-14,17H2,1-2H3/b9-7+. The second kappa shape index (κ2) is 11.1. The number of nitrogens with zero attached hydrogens (tertiary/aromatic N) is 4. The van der Waals surface area contributed by atoms with Crippen molar-refractivity contribution >= 4 is 23.3 Å². The lowest BCUT2D eigenvalue weighted by Crippen LogP contribution is -2.47. The van der Waals surface area contributed by atoms with Crippen molar-refractivity contribution in [3.63, 3.8) is 0 Å². The largest absolute Gasteiger partial charge is 0.493 e. The number of ether oxygens (including phenoxy) is 2. The van der Waals surface area contributed by atoms with Gasteiger partial charge in [-0.05, 0) is 41.6 Å². The number of aromatic nitrogens is 2. The molecule has 1 fully saturated rings. The van der Waals surface area contributed by atoms with Gasteiger partial charge in [0.25, 0.3) is 0 Å². The normalized spacial score (nSPS) is 14.7. The van der Waals surface area contributed by atoms with Crippen LogP contribution in [0, 0.1) is 0 Å². The van der Waals surface area contributed by atoms with Gasteiger partial charge in [-0.3, -0.25) is 9.69 Å². The molecule has 3 aromatic rings. The van der Waals surface area contributed by atoms with E-state index in [9.17, 15) is 4.79 Å². The number of amides is 1. The average molecular weight is 469 g/mol. The molecule has 0 saturated carbocycles. The van der Waals surface area contributed by atoms with Crippen molar-refractivity contribution in [2.75, 3.05) is 39.9 Å². The van der Waals surface area contributed by atoms with E-state index in [4.69, 9.17) is 14.0 Å². The van der Waals surface area contributed by atoms with Crippen molar-refractivity contribution in [2.24, 2.45) is 0 Å². The molecule has 0 bridgehead atoms. The van der Waals surface area contributed by atoms with Gasteiger partial charge in [0.1, 0.15) is 0 Å². The summed E-state index contributed by atoms with van der Waals surface area (Å²) in [5, 5.41) is 6.05. The highest BCUT2D eigenvalue weighted by Gasteiger charge is 2.21. The molecule has 0 atom stereocenters. The first-order valence-corrected chi connectivity index (χ1v) is 11.9. The molecular weight excluding hydrogens is 440 g/mol. The zero-order valence-electron chi connectivity index (χ0n) is 18.9. The lowest BCUT2D eigenvalue weighted by atomic mass is 10.2. The van der Waals surface area contributed by atoms with E-state index >= 15 is 0 Å². The number of hydrogen-bond acceptors (Lipinski definition) is 8. The number of carbonyl (C=O) groups excluding carboxylic acids is 1. The van der Waals surface area contributed by atoms with Crippen molar-refractivity contribution in [2.45, 2.75) is 19.9 Å². The van der Waals surface area contributed by atoms with Gasteiger partial charge in [-0.2, -0.15) is 4.98 Å². The van der Waals surface area contributed by atoms with E-state index in [0.717, 1.165) is 30.0 Å². The molecule has 1 aromatic carbocycles. The van der Waals surface area contributed by atoms with Crippen LogP contribution in [-0.2, 0) is 11.3 Å². The van der Waals surface area contributed by atoms with E-state index in [0.29, 0.717) is 49.5 Å². The summed E-state index contributed by atoms with van der Waals surface area (Å²) in [6, 6.07) is 9.61. The molecule has 0 radical (unpaired) electrons. The fourth-order valence-corrected chi connectivity index (χ4v) is 4.18. The average Bonchev–Trinajstić information content (AvgIpc) is 3.54. The van der Waals surface area contributed by atoms with Crippen molar-refractivity contribution in [3.05, 3.63) is 53.2 Å². The summed E-state index contributed by atoms with van der Waals surface area (Å²) >= 11 is 1.59. The molecule has 2 aromatic heterocycles. The third kappa shape index (κ3) is 6.00. The number of piperazine rings is 1. The first kappa shape index (κ1) is 23.0. The van der Waals surface area contributed by atoms with E-state index in [2.05, 4.69) is 22.0 Å². The molecule has 1 aliphatic rings. The van der Waals surface area contributed by atoms with Crippen molar-refractivity contribution < 1.29 is 18.8 Å². The molecule has 174 valence electrons. The van der Waals surface area contributed by atoms with E-state index in [1.807, 2.05) is 46.7 Å². The predicted molar refractivity (Wildman–Crippen MR) is 127 cm³/mol. The quantitative estimate of drug-likeness (QED) is 0.440. The van der Waals surface area contributed by atoms with Gasteiger partial charge in [0.05, 0.1) is 25.1 Å². The molecule has 8 nitrogen and oxygen atoms in total. The SMILES string of the molecule is CCCOc1ccc(/C=C/C(=O)N2CCN(Cc3nc(-c4cccs4)no3)CC2)cc1OC. The van der Waals surface area contributed by atoms with Crippen LogP contribution in [0.3, 0.4) is 0 Å². The monoisotopic (exact) mass is 468 g/mol. The smallest absolute Gasteiger partial charge is 0.246 e. The zero-order chi connectivity index (χ0) is 23.0. The summed E-state index contributed by atoms with van der Waals surface area (Å²) in [6.45, 7) is 6.11. The van der Waals surface area contributed by atoms with Crippen LogP contribution in [0.5, 0.6) is 11.5 Å². The van der Waals surface area contributed by atoms with Crippen LogP contribution in [0.4, 0.5) is 0 Å². The molecule has 0 unspecified atom stereocenters. The Morgan fingerprint density at radius 3 is 2.79 bits per heavy atom. The minimum atomic E-state index is -0.00213. The number of carbonyl (C=O) groups is 1. The Kier molecular flexibility index (Phi) is 7.74. The topological polar surface area (TPSA) is 80.9 Å². The molecule has 1 amide bonds. The zero-order valence-corrected chi connectivity index (χ0v) is 19.7. The Balaban J connectivity index is 1.27. The van der Waals surface area contributed by atoms with Gasteiger partial charge in [-0.25, -0.2) is 0 Å². The third-order valence-electron chi connectivity index (χ3n) is 5.32. The molecule has 33 heavy (non-hydrogen) atoms. The van der Waals surface area contributed by atoms with Crippen LogP contribution in [0.15, 0.2) is 46.3 Å². The Morgan fingerprint density at radius 2 is 2.06 bits per heavy atom. The fraction of sp³-hybridized carbons (Fsp3) is 0.375. The summed E-state index contributed by atoms with van der Waals surface area (Å²) in [5.41, 5.74) is 0.889. The summed E-state index contributed by atoms with van der Waals surface area (Å²) in [6.07, 6.45) is 4.35. The van der Waals surface area contributed by atoms with Gasteiger partial charge in [0.2, 0.25) is 17.6 Å². The minimum Gasteiger partial charge on any atom is -0.493 e. The molecular formula is C24H28N4O4S. The van der Waals surface area contributed by atoms with Gasteiger partial charge >= 0.3 is 0 Å². The highest BCUT2D eigenvalue weighted by Crippen LogP contribution is 2.28. The van der Waals surface area contributed by atoms with Crippen LogP contribution >= 0.6 is 11.3 Å². The second-order valence-electron chi connectivity index (χ2n) is 7.68. The van der Waals surface area contributed by atoms with Gasteiger partial charge in [0, 0.05) is 32.3 Å². The Bertz CT molecular complexity index is 1070. The molecule has 1 aliphatic heterocycles. The van der Waals surface area contributed by atoms with Gasteiger partial charge in [-0.15, -0.1) is 11.3 Å². The summed E-state index contributed by atoms with van der Waals surface area (Å²) in [7, 11) is 1.61. The fourth-order valence-electron chi connectivity index (χ4n) is 3.53. The van der Waals surface area contributed by atoms with Crippen LogP contribution < -0.4 is 9.47 Å². The van der Waals surface area contributed by atoms with Crippen molar-refractivity contribution in [1.82, 2.24) is 19.9 Å². The molecule has 4 rings (SSSR count). The molecule has 9 heteroatoms. The first-order valence-electron chi connectivity index (χ1n) is 11.0. The number of rotatable bonds is 9. The van der Waals surface area contributed by atoms with Gasteiger partial charge in [-0.1, -0.05) is 24.2 Å². The molecule has 1 saturated heterocycles. The van der Waals surface area contributed by atoms with Crippen LogP contribution in [-0.4, -0.2) is 65.7 Å². The van der Waals surface area contributed by atoms with Gasteiger partial charge < -0.3 is 18.9 Å². The number of benzene rings is 1. The summed E-state index contributed by atoms with van der Waals surface area (Å²) in [4.78, 5) is 22.2. The van der Waals surface area contributed by atoms with Crippen LogP contribution in [0.2, 0.25) is 0 Å². The molecule has 0 aliphatic carbocycles. The Morgan fingerprint density at radius 1 is 1.21 bits per heavy atom. The van der Waals surface area contributed by atoms with Crippen LogP contribution in [0.1, 0.15) is 24.8 Å². The second-order valence-corrected chi connectivity index (χ2v) is 8.63. The van der Waals surface area contributed by atoms with Crippen molar-refractivity contribution in [3.8, 4) is 22.2 Å². The van der Waals surface area contributed by atoms with Crippen molar-refractivity contribution in [1.29, 1.82) is 0 Å². The number of methoxy groups -OCH3 is 1. The van der Waals surface area contributed by atoms with E-state index in [-0.39, 0.29) is 5.91 Å². The van der Waals surface area contributed by atoms with E-state index in [1.54, 1.807) is 24.5 Å². The van der Waals surface area contributed by atoms with Gasteiger partial charge in [0.15, 0.2) is 11.5 Å². The first-order chi connectivity index (χ1) is 16.2. The maximum atomic E-state index is 12.7. The van der Waals surface area contributed by atoms with Crippen LogP contribution in [0.25, 0.3) is 16.8 Å². The maximum Gasteiger partial charge on any atom is 0.246 e. The highest BCUT2D eigenvalue weighted by atomic mass is 32.1. The van der Waals surface area contributed by atoms with E-state index < -0.39 is 0 Å². The number of hydrogen-bond donors (Lipinski definition) is 0. The third-order valence-corrected chi connectivity index (χ3v) is 6.19. The summed E-state index contributed by atoms with van der Waals surface area (Å²) < 4.78 is 16.5. The molecule has 3 heterocycles. The lowest BCUT2D eigenvalue weighted by molar-refractivity contribution is -0.127. The highest BCUT2D eigenvalue weighted by molar-refractivity contribution is 7.13. The van der Waals surface area contributed by atoms with E-state index in [1.165, 1.54) is 0 Å². The number of thiophene rings is 1. The maximum absolute atomic E-state index is 12.7. The summed E-state index contributed by atoms with van der Waals surface area (Å²) in [5.74, 6) is 2.59. The Hall–Kier alpha value is -3.17. The molecule has 0 spiro atoms. The molecule has 0 N–H and O–H groups in total. The minimum absolute atomic E-state index is 0.00213. The predicted octanol–water partition coefficient (Wildman–Crippen LogP) is 3.95. The Labute approximate surface area is 197 Å². The lowest BCUT2D eigenvalue weighted by Gasteiger charge is -2.33.